The van der Waals surface area contributed by atoms with Crippen LogP contribution in [0.4, 0.5) is 0 Å². The van der Waals surface area contributed by atoms with E-state index in [1.165, 1.54) is 4.31 Å². The molecule has 7 nitrogen and oxygen atoms in total. The van der Waals surface area contributed by atoms with E-state index < -0.39 is 20.9 Å². The van der Waals surface area contributed by atoms with Crippen molar-refractivity contribution in [3.8, 4) is 0 Å². The van der Waals surface area contributed by atoms with Gasteiger partial charge < -0.3 is 14.7 Å². The van der Waals surface area contributed by atoms with Crippen molar-refractivity contribution in [2.45, 2.75) is 55.8 Å². The topological polar surface area (TPSA) is 87.2 Å². The van der Waals surface area contributed by atoms with Gasteiger partial charge in [0.15, 0.2) is 0 Å². The summed E-state index contributed by atoms with van der Waals surface area (Å²) in [5.74, 6) is -0.274. The van der Waals surface area contributed by atoms with Crippen LogP contribution in [-0.4, -0.2) is 78.9 Å². The molecule has 2 saturated heterocycles. The average Bonchev–Trinajstić information content (AvgIpc) is 2.62. The normalized spacial score (nSPS) is 29.4. The number of amides is 1. The predicted molar refractivity (Wildman–Crippen MR) is 88.9 cm³/mol. The molecule has 0 aromatic heterocycles. The number of hydrogen-bond acceptors (Lipinski definition) is 5. The minimum atomic E-state index is -3.42. The van der Waals surface area contributed by atoms with E-state index in [0.717, 1.165) is 19.3 Å². The van der Waals surface area contributed by atoms with Gasteiger partial charge in [0.05, 0.1) is 18.5 Å². The predicted octanol–water partition coefficient (Wildman–Crippen LogP) is 0.335. The van der Waals surface area contributed by atoms with E-state index >= 15 is 0 Å². The SMILES string of the molecule is O=C(N1CCC[C@H](S(=O)(=O)N2CCOCC2)C1)C1(O)CCCCC1. The molecule has 0 bridgehead atoms. The molecule has 3 rings (SSSR count). The molecule has 1 atom stereocenters. The van der Waals surface area contributed by atoms with Crippen LogP contribution >= 0.6 is 0 Å². The van der Waals surface area contributed by atoms with Crippen molar-refractivity contribution >= 4 is 15.9 Å². The molecule has 0 radical (unpaired) electrons. The van der Waals surface area contributed by atoms with Crippen LogP contribution in [0, 0.1) is 0 Å². The number of nitrogens with zero attached hydrogens (tertiary/aromatic N) is 2. The van der Waals surface area contributed by atoms with Gasteiger partial charge in [-0.05, 0) is 25.7 Å². The second kappa shape index (κ2) is 7.27. The molecule has 0 spiro atoms. The molecule has 1 N–H and O–H groups in total. The molecule has 1 saturated carbocycles. The highest BCUT2D eigenvalue weighted by molar-refractivity contribution is 7.89. The van der Waals surface area contributed by atoms with E-state index in [1.54, 1.807) is 4.90 Å². The number of rotatable bonds is 3. The molecule has 0 unspecified atom stereocenters. The summed E-state index contributed by atoms with van der Waals surface area (Å²) < 4.78 is 32.4. The van der Waals surface area contributed by atoms with Crippen LogP contribution in [0.25, 0.3) is 0 Å². The standard InChI is InChI=1S/C16H28N2O5S/c19-15(16(20)6-2-1-3-7-16)17-8-4-5-14(13-17)24(21,22)18-9-11-23-12-10-18/h14,20H,1-13H2/t14-/m0/s1. The van der Waals surface area contributed by atoms with Crippen molar-refractivity contribution in [2.24, 2.45) is 0 Å². The first-order valence-electron chi connectivity index (χ1n) is 9.02. The van der Waals surface area contributed by atoms with Crippen molar-refractivity contribution < 1.29 is 23.1 Å². The molecule has 8 heteroatoms. The lowest BCUT2D eigenvalue weighted by molar-refractivity contribution is -0.155. The van der Waals surface area contributed by atoms with Gasteiger partial charge in [0, 0.05) is 26.2 Å². The second-order valence-corrected chi connectivity index (χ2v) is 9.38. The number of hydrogen-bond donors (Lipinski definition) is 1. The lowest BCUT2D eigenvalue weighted by Gasteiger charge is -2.40. The Kier molecular flexibility index (Phi) is 5.48. The molecular formula is C16H28N2O5S. The fraction of sp³-hybridized carbons (Fsp3) is 0.938. The van der Waals surface area contributed by atoms with E-state index in [4.69, 9.17) is 4.74 Å². The van der Waals surface area contributed by atoms with Crippen LogP contribution in [-0.2, 0) is 19.6 Å². The molecule has 0 aromatic carbocycles. The van der Waals surface area contributed by atoms with Gasteiger partial charge in [-0.3, -0.25) is 4.79 Å². The smallest absolute Gasteiger partial charge is 0.254 e. The van der Waals surface area contributed by atoms with Crippen molar-refractivity contribution in [2.75, 3.05) is 39.4 Å². The van der Waals surface area contributed by atoms with Gasteiger partial charge in [0.1, 0.15) is 5.60 Å². The quantitative estimate of drug-likeness (QED) is 0.784. The lowest BCUT2D eigenvalue weighted by Crippen LogP contribution is -2.56. The van der Waals surface area contributed by atoms with Gasteiger partial charge in [-0.15, -0.1) is 0 Å². The Morgan fingerprint density at radius 2 is 1.71 bits per heavy atom. The zero-order valence-electron chi connectivity index (χ0n) is 14.2. The van der Waals surface area contributed by atoms with Gasteiger partial charge >= 0.3 is 0 Å². The zero-order chi connectivity index (χ0) is 17.2. The van der Waals surface area contributed by atoms with Crippen LogP contribution in [0.15, 0.2) is 0 Å². The second-order valence-electron chi connectivity index (χ2n) is 7.16. The summed E-state index contributed by atoms with van der Waals surface area (Å²) in [6, 6.07) is 0. The van der Waals surface area contributed by atoms with Gasteiger partial charge in [0.2, 0.25) is 10.0 Å². The summed E-state index contributed by atoms with van der Waals surface area (Å²) in [5, 5.41) is 10.1. The van der Waals surface area contributed by atoms with Crippen LogP contribution in [0.1, 0.15) is 44.9 Å². The van der Waals surface area contributed by atoms with E-state index in [-0.39, 0.29) is 12.5 Å². The van der Waals surface area contributed by atoms with Crippen LogP contribution in [0.5, 0.6) is 0 Å². The number of aliphatic hydroxyl groups is 1. The monoisotopic (exact) mass is 360 g/mol. The summed E-state index contributed by atoms with van der Waals surface area (Å²) in [6.07, 6.45) is 4.96. The van der Waals surface area contributed by atoms with Crippen LogP contribution < -0.4 is 0 Å². The van der Waals surface area contributed by atoms with Crippen molar-refractivity contribution in [1.29, 1.82) is 0 Å². The van der Waals surface area contributed by atoms with Gasteiger partial charge in [-0.1, -0.05) is 19.3 Å². The molecular weight excluding hydrogens is 332 g/mol. The van der Waals surface area contributed by atoms with E-state index in [2.05, 4.69) is 0 Å². The molecule has 2 aliphatic heterocycles. The Morgan fingerprint density at radius 3 is 2.38 bits per heavy atom. The summed E-state index contributed by atoms with van der Waals surface area (Å²) in [7, 11) is -3.42. The fourth-order valence-corrected chi connectivity index (χ4v) is 5.94. The summed E-state index contributed by atoms with van der Waals surface area (Å²) >= 11 is 0. The van der Waals surface area contributed by atoms with E-state index in [0.29, 0.717) is 58.5 Å². The molecule has 24 heavy (non-hydrogen) atoms. The minimum absolute atomic E-state index is 0.195. The molecule has 138 valence electrons. The molecule has 2 heterocycles. The first-order chi connectivity index (χ1) is 11.4. The highest BCUT2D eigenvalue weighted by atomic mass is 32.2. The molecule has 1 amide bonds. The summed E-state index contributed by atoms with van der Waals surface area (Å²) in [4.78, 5) is 14.4. The van der Waals surface area contributed by atoms with Gasteiger partial charge in [0.25, 0.3) is 5.91 Å². The number of morpholine rings is 1. The van der Waals surface area contributed by atoms with E-state index in [1.807, 2.05) is 0 Å². The van der Waals surface area contributed by atoms with Gasteiger partial charge in [-0.25, -0.2) is 8.42 Å². The maximum Gasteiger partial charge on any atom is 0.254 e. The lowest BCUT2D eigenvalue weighted by atomic mass is 9.83. The Balaban J connectivity index is 1.68. The third kappa shape index (κ3) is 3.61. The number of carbonyl (C=O) groups is 1. The maximum atomic E-state index is 12.8. The number of ether oxygens (including phenoxy) is 1. The Bertz CT molecular complexity index is 553. The molecule has 0 aromatic rings. The Morgan fingerprint density at radius 1 is 1.04 bits per heavy atom. The largest absolute Gasteiger partial charge is 0.380 e. The van der Waals surface area contributed by atoms with Crippen LogP contribution in [0.3, 0.4) is 0 Å². The molecule has 1 aliphatic carbocycles. The number of sulfonamides is 1. The highest BCUT2D eigenvalue weighted by Gasteiger charge is 2.43. The van der Waals surface area contributed by atoms with Crippen molar-refractivity contribution in [1.82, 2.24) is 9.21 Å². The van der Waals surface area contributed by atoms with Crippen molar-refractivity contribution in [3.05, 3.63) is 0 Å². The van der Waals surface area contributed by atoms with Crippen molar-refractivity contribution in [3.63, 3.8) is 0 Å². The Hall–Kier alpha value is -0.700. The number of piperidine rings is 1. The van der Waals surface area contributed by atoms with Crippen LogP contribution in [0.2, 0.25) is 0 Å². The first-order valence-corrected chi connectivity index (χ1v) is 10.5. The third-order valence-electron chi connectivity index (χ3n) is 5.50. The maximum absolute atomic E-state index is 12.8. The third-order valence-corrected chi connectivity index (χ3v) is 7.81. The summed E-state index contributed by atoms with van der Waals surface area (Å²) in [5.41, 5.74) is -1.29. The van der Waals surface area contributed by atoms with Gasteiger partial charge in [-0.2, -0.15) is 4.31 Å². The molecule has 3 aliphatic rings. The summed E-state index contributed by atoms with van der Waals surface area (Å²) in [6.45, 7) is 2.35. The Labute approximate surface area is 144 Å². The molecule has 3 fully saturated rings. The minimum Gasteiger partial charge on any atom is -0.380 e. The number of likely N-dealkylation sites (tertiary alicyclic amines) is 1. The highest BCUT2D eigenvalue weighted by Crippen LogP contribution is 2.31. The average molecular weight is 360 g/mol. The van der Waals surface area contributed by atoms with E-state index in [9.17, 15) is 18.3 Å². The first kappa shape index (κ1) is 18.1. The number of carbonyl (C=O) groups excluding carboxylic acids is 1. The fourth-order valence-electron chi connectivity index (χ4n) is 4.02. The zero-order valence-corrected chi connectivity index (χ0v) is 15.0.